The highest BCUT2D eigenvalue weighted by Gasteiger charge is 2.08. The maximum atomic E-state index is 11.3. The van der Waals surface area contributed by atoms with E-state index in [0.29, 0.717) is 24.2 Å². The van der Waals surface area contributed by atoms with E-state index >= 15 is 0 Å². The van der Waals surface area contributed by atoms with E-state index in [9.17, 15) is 4.79 Å². The second-order valence-electron chi connectivity index (χ2n) is 3.20. The number of carbonyl (C=O) groups excluding carboxylic acids is 1. The molecule has 1 aromatic rings. The molecule has 100 valence electrons. The second-order valence-corrected chi connectivity index (χ2v) is 4.14. The van der Waals surface area contributed by atoms with Gasteiger partial charge in [0.25, 0.3) is 0 Å². The number of methoxy groups -OCH3 is 1. The van der Waals surface area contributed by atoms with E-state index in [1.165, 1.54) is 18.9 Å². The highest BCUT2D eigenvalue weighted by Crippen LogP contribution is 2.17. The molecule has 0 unspecified atom stereocenters. The molecule has 1 heterocycles. The molecule has 0 saturated heterocycles. The topological polar surface area (TPSA) is 89.0 Å². The van der Waals surface area contributed by atoms with Crippen molar-refractivity contribution < 1.29 is 9.53 Å². The Kier molecular flexibility index (Phi) is 6.20. The first kappa shape index (κ1) is 14.5. The van der Waals surface area contributed by atoms with Crippen LogP contribution in [0.4, 0.5) is 5.95 Å². The van der Waals surface area contributed by atoms with Crippen LogP contribution in [0, 0.1) is 0 Å². The SMILES string of the molecule is CCNC(=O)CSc1nc(NCC)nc(OC)n1. The average molecular weight is 271 g/mol. The summed E-state index contributed by atoms with van der Waals surface area (Å²) in [5.41, 5.74) is 0. The van der Waals surface area contributed by atoms with Crippen LogP contribution in [0.5, 0.6) is 6.01 Å². The Bertz CT molecular complexity index is 402. The molecule has 1 rings (SSSR count). The van der Waals surface area contributed by atoms with Crippen LogP contribution in [-0.4, -0.2) is 46.8 Å². The molecular formula is C10H17N5O2S. The first-order valence-electron chi connectivity index (χ1n) is 5.63. The number of ether oxygens (including phenoxy) is 1. The van der Waals surface area contributed by atoms with Gasteiger partial charge in [0.2, 0.25) is 11.9 Å². The first-order chi connectivity index (χ1) is 8.69. The van der Waals surface area contributed by atoms with Crippen LogP contribution in [0.3, 0.4) is 0 Å². The molecule has 0 aliphatic rings. The van der Waals surface area contributed by atoms with Crippen LogP contribution in [0.25, 0.3) is 0 Å². The molecule has 0 atom stereocenters. The number of anilines is 1. The Morgan fingerprint density at radius 1 is 1.28 bits per heavy atom. The van der Waals surface area contributed by atoms with Crippen molar-refractivity contribution in [3.05, 3.63) is 0 Å². The predicted octanol–water partition coefficient (Wildman–Crippen LogP) is 0.540. The van der Waals surface area contributed by atoms with Crippen molar-refractivity contribution in [1.82, 2.24) is 20.3 Å². The molecule has 0 saturated carbocycles. The van der Waals surface area contributed by atoms with Crippen molar-refractivity contribution >= 4 is 23.6 Å². The van der Waals surface area contributed by atoms with E-state index in [1.807, 2.05) is 13.8 Å². The minimum Gasteiger partial charge on any atom is -0.467 e. The third-order valence-corrected chi connectivity index (χ3v) is 2.67. The van der Waals surface area contributed by atoms with Gasteiger partial charge in [-0.15, -0.1) is 0 Å². The minimum absolute atomic E-state index is 0.0492. The Labute approximate surface area is 110 Å². The van der Waals surface area contributed by atoms with Crippen LogP contribution in [0.2, 0.25) is 0 Å². The van der Waals surface area contributed by atoms with Crippen molar-refractivity contribution in [1.29, 1.82) is 0 Å². The molecule has 0 aromatic carbocycles. The lowest BCUT2D eigenvalue weighted by molar-refractivity contribution is -0.118. The molecule has 2 N–H and O–H groups in total. The van der Waals surface area contributed by atoms with Gasteiger partial charge in [-0.1, -0.05) is 11.8 Å². The Morgan fingerprint density at radius 3 is 2.67 bits per heavy atom. The van der Waals surface area contributed by atoms with Gasteiger partial charge >= 0.3 is 6.01 Å². The molecule has 18 heavy (non-hydrogen) atoms. The van der Waals surface area contributed by atoms with Gasteiger partial charge < -0.3 is 15.4 Å². The van der Waals surface area contributed by atoms with Crippen molar-refractivity contribution in [2.45, 2.75) is 19.0 Å². The quantitative estimate of drug-likeness (QED) is 0.700. The Hall–Kier alpha value is -1.57. The summed E-state index contributed by atoms with van der Waals surface area (Å²) < 4.78 is 4.98. The monoisotopic (exact) mass is 271 g/mol. The van der Waals surface area contributed by atoms with Crippen LogP contribution in [-0.2, 0) is 4.79 Å². The lowest BCUT2D eigenvalue weighted by Crippen LogP contribution is -2.24. The Balaban J connectivity index is 2.68. The predicted molar refractivity (Wildman–Crippen MR) is 70.0 cm³/mol. The molecule has 0 aliphatic carbocycles. The number of hydrogen-bond acceptors (Lipinski definition) is 7. The van der Waals surface area contributed by atoms with Gasteiger partial charge in [0.15, 0.2) is 5.16 Å². The molecular weight excluding hydrogens is 254 g/mol. The number of aromatic nitrogens is 3. The summed E-state index contributed by atoms with van der Waals surface area (Å²) in [6.07, 6.45) is 0. The number of hydrogen-bond donors (Lipinski definition) is 2. The number of nitrogens with one attached hydrogen (secondary N) is 2. The van der Waals surface area contributed by atoms with Crippen molar-refractivity contribution in [2.24, 2.45) is 0 Å². The highest BCUT2D eigenvalue weighted by atomic mass is 32.2. The zero-order valence-corrected chi connectivity index (χ0v) is 11.5. The van der Waals surface area contributed by atoms with Crippen LogP contribution < -0.4 is 15.4 Å². The normalized spacial score (nSPS) is 9.94. The number of carbonyl (C=O) groups is 1. The largest absolute Gasteiger partial charge is 0.467 e. The van der Waals surface area contributed by atoms with Gasteiger partial charge in [0, 0.05) is 13.1 Å². The Morgan fingerprint density at radius 2 is 2.06 bits per heavy atom. The molecule has 7 nitrogen and oxygen atoms in total. The van der Waals surface area contributed by atoms with Gasteiger partial charge in [-0.05, 0) is 13.8 Å². The van der Waals surface area contributed by atoms with E-state index in [1.54, 1.807) is 0 Å². The number of thioether (sulfide) groups is 1. The van der Waals surface area contributed by atoms with Crippen molar-refractivity contribution in [2.75, 3.05) is 31.3 Å². The molecule has 0 radical (unpaired) electrons. The van der Waals surface area contributed by atoms with E-state index < -0.39 is 0 Å². The van der Waals surface area contributed by atoms with Crippen molar-refractivity contribution in [3.63, 3.8) is 0 Å². The summed E-state index contributed by atoms with van der Waals surface area (Å²) in [6, 6.07) is 0.236. The third-order valence-electron chi connectivity index (χ3n) is 1.82. The molecule has 0 aliphatic heterocycles. The summed E-state index contributed by atoms with van der Waals surface area (Å²) in [4.78, 5) is 23.6. The maximum absolute atomic E-state index is 11.3. The molecule has 1 amide bonds. The number of amides is 1. The second kappa shape index (κ2) is 7.70. The molecule has 8 heteroatoms. The van der Waals surface area contributed by atoms with Crippen LogP contribution in [0.1, 0.15) is 13.8 Å². The maximum Gasteiger partial charge on any atom is 0.321 e. The average Bonchev–Trinajstić information content (AvgIpc) is 2.37. The van der Waals surface area contributed by atoms with E-state index in [0.717, 1.165) is 0 Å². The number of rotatable bonds is 7. The van der Waals surface area contributed by atoms with E-state index in [2.05, 4.69) is 25.6 Å². The zero-order chi connectivity index (χ0) is 13.4. The highest BCUT2D eigenvalue weighted by molar-refractivity contribution is 7.99. The molecule has 0 fully saturated rings. The van der Waals surface area contributed by atoms with Gasteiger partial charge in [0.1, 0.15) is 0 Å². The minimum atomic E-state index is -0.0492. The van der Waals surface area contributed by atoms with E-state index in [-0.39, 0.29) is 17.7 Å². The molecule has 1 aromatic heterocycles. The van der Waals surface area contributed by atoms with Gasteiger partial charge in [-0.3, -0.25) is 4.79 Å². The summed E-state index contributed by atoms with van der Waals surface area (Å²) in [6.45, 7) is 5.13. The fourth-order valence-electron chi connectivity index (χ4n) is 1.11. The first-order valence-corrected chi connectivity index (χ1v) is 6.61. The number of nitrogens with zero attached hydrogens (tertiary/aromatic N) is 3. The lowest BCUT2D eigenvalue weighted by atomic mass is 10.6. The van der Waals surface area contributed by atoms with Crippen LogP contribution in [0.15, 0.2) is 5.16 Å². The fraction of sp³-hybridized carbons (Fsp3) is 0.600. The smallest absolute Gasteiger partial charge is 0.321 e. The summed E-state index contributed by atoms with van der Waals surface area (Å²) in [5.74, 6) is 0.668. The lowest BCUT2D eigenvalue weighted by Gasteiger charge is -2.06. The zero-order valence-electron chi connectivity index (χ0n) is 10.7. The van der Waals surface area contributed by atoms with E-state index in [4.69, 9.17) is 4.74 Å². The van der Waals surface area contributed by atoms with Crippen molar-refractivity contribution in [3.8, 4) is 6.01 Å². The van der Waals surface area contributed by atoms with Gasteiger partial charge in [-0.25, -0.2) is 0 Å². The molecule has 0 spiro atoms. The van der Waals surface area contributed by atoms with Gasteiger partial charge in [0.05, 0.1) is 12.9 Å². The standard InChI is InChI=1S/C10H17N5O2S/c1-4-11-7(16)6-18-10-14-8(12-5-2)13-9(15-10)17-3/h4-6H2,1-3H3,(H,11,16)(H,12,13,14,15). The van der Waals surface area contributed by atoms with Gasteiger partial charge in [-0.2, -0.15) is 15.0 Å². The summed E-state index contributed by atoms with van der Waals surface area (Å²) in [7, 11) is 1.49. The molecule has 0 bridgehead atoms. The fourth-order valence-corrected chi connectivity index (χ4v) is 1.77. The summed E-state index contributed by atoms with van der Waals surface area (Å²) >= 11 is 1.24. The third kappa shape index (κ3) is 4.74. The summed E-state index contributed by atoms with van der Waals surface area (Å²) in [5, 5.41) is 6.15. The van der Waals surface area contributed by atoms with Crippen LogP contribution >= 0.6 is 11.8 Å².